The van der Waals surface area contributed by atoms with Crippen LogP contribution in [-0.4, -0.2) is 77.6 Å². The Hall–Kier alpha value is -1.30. The van der Waals surface area contributed by atoms with Crippen LogP contribution in [0.25, 0.3) is 0 Å². The summed E-state index contributed by atoms with van der Waals surface area (Å²) in [5.41, 5.74) is 0. The third-order valence-electron chi connectivity index (χ3n) is 3.82. The van der Waals surface area contributed by atoms with E-state index in [1.54, 1.807) is 11.9 Å². The van der Waals surface area contributed by atoms with E-state index < -0.39 is 5.97 Å². The number of amides is 2. The van der Waals surface area contributed by atoms with Crippen molar-refractivity contribution in [1.82, 2.24) is 14.7 Å². The maximum atomic E-state index is 12.2. The Morgan fingerprint density at radius 2 is 1.89 bits per heavy atom. The third kappa shape index (κ3) is 4.09. The van der Waals surface area contributed by atoms with Gasteiger partial charge < -0.3 is 19.8 Å². The maximum absolute atomic E-state index is 12.2. The summed E-state index contributed by atoms with van der Waals surface area (Å²) in [6.45, 7) is 3.60. The zero-order valence-electron chi connectivity index (χ0n) is 11.5. The van der Waals surface area contributed by atoms with Crippen molar-refractivity contribution in [3.05, 3.63) is 0 Å². The van der Waals surface area contributed by atoms with Gasteiger partial charge in [0.25, 0.3) is 0 Å². The van der Waals surface area contributed by atoms with Crippen LogP contribution in [-0.2, 0) is 4.79 Å². The van der Waals surface area contributed by atoms with Crippen molar-refractivity contribution in [2.45, 2.75) is 31.7 Å². The molecule has 6 nitrogen and oxygen atoms in total. The predicted octanol–water partition coefficient (Wildman–Crippen LogP) is 0.683. The Morgan fingerprint density at radius 1 is 1.26 bits per heavy atom. The highest BCUT2D eigenvalue weighted by molar-refractivity contribution is 5.80. The lowest BCUT2D eigenvalue weighted by Gasteiger charge is -2.28. The minimum Gasteiger partial charge on any atom is -0.480 e. The van der Waals surface area contributed by atoms with Gasteiger partial charge in [-0.25, -0.2) is 4.79 Å². The second-order valence-corrected chi connectivity index (χ2v) is 5.51. The van der Waals surface area contributed by atoms with E-state index in [0.29, 0.717) is 6.54 Å². The van der Waals surface area contributed by atoms with Gasteiger partial charge >= 0.3 is 12.0 Å². The molecule has 1 heterocycles. The molecule has 2 aliphatic rings. The first-order valence-corrected chi connectivity index (χ1v) is 7.04. The van der Waals surface area contributed by atoms with Gasteiger partial charge in [-0.1, -0.05) is 0 Å². The van der Waals surface area contributed by atoms with E-state index >= 15 is 0 Å². The second-order valence-electron chi connectivity index (χ2n) is 5.51. The first kappa shape index (κ1) is 14.1. The van der Waals surface area contributed by atoms with Crippen LogP contribution in [0, 0.1) is 0 Å². The molecule has 19 heavy (non-hydrogen) atoms. The van der Waals surface area contributed by atoms with E-state index in [0.717, 1.165) is 32.5 Å². The number of carboxylic acids is 1. The minimum atomic E-state index is -0.937. The summed E-state index contributed by atoms with van der Waals surface area (Å²) in [6.07, 6.45) is 4.34. The average molecular weight is 269 g/mol. The van der Waals surface area contributed by atoms with Crippen LogP contribution >= 0.6 is 0 Å². The fraction of sp³-hybridized carbons (Fsp3) is 0.846. The van der Waals surface area contributed by atoms with E-state index in [1.807, 2.05) is 0 Å². The number of carbonyl (C=O) groups is 2. The number of likely N-dealkylation sites (tertiary alicyclic amines) is 1. The Bertz CT molecular complexity index is 338. The van der Waals surface area contributed by atoms with Gasteiger partial charge in [0, 0.05) is 26.2 Å². The molecule has 0 aromatic heterocycles. The van der Waals surface area contributed by atoms with E-state index in [4.69, 9.17) is 5.11 Å². The first-order valence-electron chi connectivity index (χ1n) is 7.04. The van der Waals surface area contributed by atoms with Crippen LogP contribution in [0.15, 0.2) is 0 Å². The van der Waals surface area contributed by atoms with Crippen molar-refractivity contribution in [3.63, 3.8) is 0 Å². The number of hydrogen-bond donors (Lipinski definition) is 1. The molecule has 1 aliphatic heterocycles. The molecule has 1 saturated carbocycles. The standard InChI is InChI=1S/C13H23N3O3/c1-14(8-9-15-6-2-3-7-15)13(19)16(10-12(17)18)11-4-5-11/h11H,2-10H2,1H3,(H,17,18). The molecule has 0 spiro atoms. The molecule has 0 unspecified atom stereocenters. The Labute approximate surface area is 114 Å². The van der Waals surface area contributed by atoms with Crippen molar-refractivity contribution < 1.29 is 14.7 Å². The van der Waals surface area contributed by atoms with Crippen LogP contribution in [0.5, 0.6) is 0 Å². The van der Waals surface area contributed by atoms with Crippen LogP contribution < -0.4 is 0 Å². The number of urea groups is 1. The predicted molar refractivity (Wildman–Crippen MR) is 71.1 cm³/mol. The van der Waals surface area contributed by atoms with Gasteiger partial charge in [0.15, 0.2) is 0 Å². The first-order chi connectivity index (χ1) is 9.08. The van der Waals surface area contributed by atoms with Crippen LogP contribution in [0.4, 0.5) is 4.79 Å². The molecule has 0 aromatic rings. The van der Waals surface area contributed by atoms with Gasteiger partial charge in [0.2, 0.25) is 0 Å². The zero-order chi connectivity index (χ0) is 13.8. The second kappa shape index (κ2) is 6.23. The number of carbonyl (C=O) groups excluding carboxylic acids is 1. The monoisotopic (exact) mass is 269 g/mol. The van der Waals surface area contributed by atoms with E-state index in [2.05, 4.69) is 4.90 Å². The summed E-state index contributed by atoms with van der Waals surface area (Å²) in [5.74, 6) is -0.937. The van der Waals surface area contributed by atoms with E-state index in [9.17, 15) is 9.59 Å². The van der Waals surface area contributed by atoms with E-state index in [-0.39, 0.29) is 18.6 Å². The lowest BCUT2D eigenvalue weighted by molar-refractivity contribution is -0.137. The molecule has 0 atom stereocenters. The van der Waals surface area contributed by atoms with Gasteiger partial charge in [-0.2, -0.15) is 0 Å². The molecule has 2 rings (SSSR count). The molecule has 1 aliphatic carbocycles. The summed E-state index contributed by atoms with van der Waals surface area (Å²) < 4.78 is 0. The molecule has 2 amide bonds. The van der Waals surface area contributed by atoms with Gasteiger partial charge in [-0.3, -0.25) is 4.79 Å². The molecule has 0 radical (unpaired) electrons. The molecule has 1 N–H and O–H groups in total. The van der Waals surface area contributed by atoms with Gasteiger partial charge in [0.05, 0.1) is 0 Å². The highest BCUT2D eigenvalue weighted by atomic mass is 16.4. The molecule has 1 saturated heterocycles. The summed E-state index contributed by atoms with van der Waals surface area (Å²) in [6, 6.07) is -0.0121. The van der Waals surface area contributed by atoms with E-state index in [1.165, 1.54) is 17.7 Å². The lowest BCUT2D eigenvalue weighted by atomic mass is 10.4. The minimum absolute atomic E-state index is 0.137. The number of rotatable bonds is 6. The fourth-order valence-corrected chi connectivity index (χ4v) is 2.50. The molecular weight excluding hydrogens is 246 g/mol. The number of carboxylic acid groups (broad SMARTS) is 1. The Morgan fingerprint density at radius 3 is 2.42 bits per heavy atom. The number of hydrogen-bond acceptors (Lipinski definition) is 3. The van der Waals surface area contributed by atoms with Crippen molar-refractivity contribution in [2.24, 2.45) is 0 Å². The van der Waals surface area contributed by atoms with Gasteiger partial charge in [0.1, 0.15) is 6.54 Å². The molecule has 0 aromatic carbocycles. The molecule has 2 fully saturated rings. The Kier molecular flexibility index (Phi) is 4.63. The number of aliphatic carboxylic acids is 1. The smallest absolute Gasteiger partial charge is 0.323 e. The zero-order valence-corrected chi connectivity index (χ0v) is 11.5. The molecular formula is C13H23N3O3. The van der Waals surface area contributed by atoms with Gasteiger partial charge in [-0.05, 0) is 38.8 Å². The fourth-order valence-electron chi connectivity index (χ4n) is 2.50. The number of likely N-dealkylation sites (N-methyl/N-ethyl adjacent to an activating group) is 1. The lowest BCUT2D eigenvalue weighted by Crippen LogP contribution is -2.46. The van der Waals surface area contributed by atoms with Crippen molar-refractivity contribution in [1.29, 1.82) is 0 Å². The normalized spacial score (nSPS) is 19.4. The summed E-state index contributed by atoms with van der Waals surface area (Å²) in [7, 11) is 1.76. The largest absolute Gasteiger partial charge is 0.480 e. The van der Waals surface area contributed by atoms with Gasteiger partial charge in [-0.15, -0.1) is 0 Å². The Balaban J connectivity index is 1.79. The molecule has 0 bridgehead atoms. The SMILES string of the molecule is CN(CCN1CCCC1)C(=O)N(CC(=O)O)C1CC1. The number of nitrogens with zero attached hydrogens (tertiary/aromatic N) is 3. The maximum Gasteiger partial charge on any atom is 0.323 e. The summed E-state index contributed by atoms with van der Waals surface area (Å²) >= 11 is 0. The van der Waals surface area contributed by atoms with Crippen molar-refractivity contribution in [3.8, 4) is 0 Å². The third-order valence-corrected chi connectivity index (χ3v) is 3.82. The quantitative estimate of drug-likeness (QED) is 0.770. The molecule has 6 heteroatoms. The van der Waals surface area contributed by atoms with Crippen molar-refractivity contribution >= 4 is 12.0 Å². The van der Waals surface area contributed by atoms with Crippen LogP contribution in [0.3, 0.4) is 0 Å². The summed E-state index contributed by atoms with van der Waals surface area (Å²) in [5, 5.41) is 8.87. The highest BCUT2D eigenvalue weighted by Crippen LogP contribution is 2.27. The average Bonchev–Trinajstić information content (AvgIpc) is 3.08. The van der Waals surface area contributed by atoms with Crippen LogP contribution in [0.1, 0.15) is 25.7 Å². The van der Waals surface area contributed by atoms with Crippen LogP contribution in [0.2, 0.25) is 0 Å². The topological polar surface area (TPSA) is 64.1 Å². The molecule has 108 valence electrons. The van der Waals surface area contributed by atoms with Crippen molar-refractivity contribution in [2.75, 3.05) is 39.8 Å². The summed E-state index contributed by atoms with van der Waals surface area (Å²) in [4.78, 5) is 28.5. The highest BCUT2D eigenvalue weighted by Gasteiger charge is 2.35.